The Morgan fingerprint density at radius 3 is 2.53 bits per heavy atom. The van der Waals surface area contributed by atoms with Crippen molar-refractivity contribution in [3.63, 3.8) is 0 Å². The lowest BCUT2D eigenvalue weighted by Crippen LogP contribution is -1.94. The van der Waals surface area contributed by atoms with Crippen LogP contribution in [0.1, 0.15) is 11.1 Å². The molecule has 0 aliphatic rings. The molecule has 1 aromatic heterocycles. The fraction of sp³-hybridized carbons (Fsp3) is 0.125. The molecular formula is C16H13ClN2. The van der Waals surface area contributed by atoms with E-state index < -0.39 is 0 Å². The lowest BCUT2D eigenvalue weighted by Gasteiger charge is -2.07. The van der Waals surface area contributed by atoms with Gasteiger partial charge in [0.25, 0.3) is 0 Å². The van der Waals surface area contributed by atoms with Gasteiger partial charge in [0, 0.05) is 10.9 Å². The molecule has 2 aromatic carbocycles. The number of fused-ring (bicyclic) bond motifs is 1. The van der Waals surface area contributed by atoms with Gasteiger partial charge in [-0.15, -0.1) is 0 Å². The van der Waals surface area contributed by atoms with E-state index in [1.165, 1.54) is 0 Å². The Morgan fingerprint density at radius 2 is 1.74 bits per heavy atom. The molecule has 3 heteroatoms. The molecule has 0 saturated carbocycles. The molecule has 3 aromatic rings. The Labute approximate surface area is 117 Å². The average Bonchev–Trinajstić information content (AvgIpc) is 2.40. The molecule has 19 heavy (non-hydrogen) atoms. The zero-order chi connectivity index (χ0) is 13.4. The van der Waals surface area contributed by atoms with Gasteiger partial charge in [0.05, 0.1) is 5.52 Å². The van der Waals surface area contributed by atoms with Gasteiger partial charge in [-0.05, 0) is 31.5 Å². The first-order valence-electron chi connectivity index (χ1n) is 6.15. The standard InChI is InChI=1S/C16H13ClN2/c1-10-7-8-14-13(9-10)15(17)19-16(18-14)12-6-4-3-5-11(12)2/h3-9H,1-2H3. The first-order chi connectivity index (χ1) is 9.15. The Morgan fingerprint density at radius 1 is 0.947 bits per heavy atom. The summed E-state index contributed by atoms with van der Waals surface area (Å²) >= 11 is 6.29. The molecule has 0 aliphatic carbocycles. The summed E-state index contributed by atoms with van der Waals surface area (Å²) in [6.45, 7) is 4.08. The van der Waals surface area contributed by atoms with E-state index in [1.54, 1.807) is 0 Å². The largest absolute Gasteiger partial charge is 0.228 e. The second kappa shape index (κ2) is 4.63. The molecule has 0 spiro atoms. The highest BCUT2D eigenvalue weighted by molar-refractivity contribution is 6.34. The maximum atomic E-state index is 6.29. The fourth-order valence-electron chi connectivity index (χ4n) is 2.15. The minimum absolute atomic E-state index is 0.506. The summed E-state index contributed by atoms with van der Waals surface area (Å²) in [5.41, 5.74) is 4.20. The van der Waals surface area contributed by atoms with Crippen LogP contribution in [0.3, 0.4) is 0 Å². The van der Waals surface area contributed by atoms with Gasteiger partial charge in [0.15, 0.2) is 5.82 Å². The van der Waals surface area contributed by atoms with E-state index in [9.17, 15) is 0 Å². The van der Waals surface area contributed by atoms with Crippen LogP contribution < -0.4 is 0 Å². The topological polar surface area (TPSA) is 25.8 Å². The number of aryl methyl sites for hydroxylation is 2. The molecule has 1 heterocycles. The van der Waals surface area contributed by atoms with Crippen molar-refractivity contribution in [1.29, 1.82) is 0 Å². The van der Waals surface area contributed by atoms with E-state index in [-0.39, 0.29) is 0 Å². The SMILES string of the molecule is Cc1ccc2nc(-c3ccccc3C)nc(Cl)c2c1. The summed E-state index contributed by atoms with van der Waals surface area (Å²) in [5, 5.41) is 1.41. The highest BCUT2D eigenvalue weighted by Gasteiger charge is 2.09. The number of benzene rings is 2. The number of hydrogen-bond donors (Lipinski definition) is 0. The van der Waals surface area contributed by atoms with Crippen molar-refractivity contribution in [3.8, 4) is 11.4 Å². The second-order valence-corrected chi connectivity index (χ2v) is 5.03. The quantitative estimate of drug-likeness (QED) is 0.604. The van der Waals surface area contributed by atoms with Crippen LogP contribution in [0.15, 0.2) is 42.5 Å². The summed E-state index contributed by atoms with van der Waals surface area (Å²) in [6, 6.07) is 14.1. The first kappa shape index (κ1) is 12.1. The Bertz CT molecular complexity index is 766. The molecule has 0 saturated heterocycles. The van der Waals surface area contributed by atoms with Gasteiger partial charge in [-0.1, -0.05) is 47.5 Å². The molecule has 2 nitrogen and oxygen atoms in total. The summed E-state index contributed by atoms with van der Waals surface area (Å²) in [7, 11) is 0. The molecule has 0 amide bonds. The van der Waals surface area contributed by atoms with Crippen LogP contribution in [0, 0.1) is 13.8 Å². The van der Waals surface area contributed by atoms with Crippen molar-refractivity contribution in [1.82, 2.24) is 9.97 Å². The third-order valence-corrected chi connectivity index (χ3v) is 3.48. The smallest absolute Gasteiger partial charge is 0.161 e. The average molecular weight is 269 g/mol. The van der Waals surface area contributed by atoms with Crippen molar-refractivity contribution in [3.05, 3.63) is 58.7 Å². The van der Waals surface area contributed by atoms with Gasteiger partial charge in [-0.2, -0.15) is 0 Å². The summed E-state index contributed by atoms with van der Waals surface area (Å²) in [6.07, 6.45) is 0. The number of hydrogen-bond acceptors (Lipinski definition) is 2. The van der Waals surface area contributed by atoms with Gasteiger partial charge in [0.1, 0.15) is 5.15 Å². The predicted octanol–water partition coefficient (Wildman–Crippen LogP) is 4.57. The van der Waals surface area contributed by atoms with E-state index in [2.05, 4.69) is 9.97 Å². The molecule has 0 aliphatic heterocycles. The summed E-state index contributed by atoms with van der Waals surface area (Å²) in [4.78, 5) is 9.04. The van der Waals surface area contributed by atoms with Crippen LogP contribution in [-0.4, -0.2) is 9.97 Å². The number of aromatic nitrogens is 2. The van der Waals surface area contributed by atoms with Crippen molar-refractivity contribution in [2.75, 3.05) is 0 Å². The summed E-state index contributed by atoms with van der Waals surface area (Å²) in [5.74, 6) is 0.680. The molecule has 0 bridgehead atoms. The van der Waals surface area contributed by atoms with E-state index in [1.807, 2.05) is 56.3 Å². The highest BCUT2D eigenvalue weighted by atomic mass is 35.5. The van der Waals surface area contributed by atoms with Crippen LogP contribution in [0.2, 0.25) is 5.15 Å². The number of halogens is 1. The fourth-order valence-corrected chi connectivity index (χ4v) is 2.38. The van der Waals surface area contributed by atoms with Gasteiger partial charge < -0.3 is 0 Å². The first-order valence-corrected chi connectivity index (χ1v) is 6.53. The molecular weight excluding hydrogens is 256 g/mol. The van der Waals surface area contributed by atoms with Gasteiger partial charge >= 0.3 is 0 Å². The zero-order valence-electron chi connectivity index (χ0n) is 10.8. The van der Waals surface area contributed by atoms with Crippen molar-refractivity contribution < 1.29 is 0 Å². The second-order valence-electron chi connectivity index (χ2n) is 4.67. The Kier molecular flexibility index (Phi) is 2.96. The van der Waals surface area contributed by atoms with Crippen molar-refractivity contribution in [2.24, 2.45) is 0 Å². The van der Waals surface area contributed by atoms with E-state index in [4.69, 9.17) is 11.6 Å². The van der Waals surface area contributed by atoms with E-state index in [0.717, 1.165) is 27.6 Å². The minimum atomic E-state index is 0.506. The Hall–Kier alpha value is -1.93. The maximum Gasteiger partial charge on any atom is 0.161 e. The maximum absolute atomic E-state index is 6.29. The molecule has 3 rings (SSSR count). The number of nitrogens with zero attached hydrogens (tertiary/aromatic N) is 2. The molecule has 0 N–H and O–H groups in total. The summed E-state index contributed by atoms with van der Waals surface area (Å²) < 4.78 is 0. The van der Waals surface area contributed by atoms with Crippen LogP contribution in [0.4, 0.5) is 0 Å². The molecule has 0 radical (unpaired) electrons. The number of rotatable bonds is 1. The van der Waals surface area contributed by atoms with Crippen LogP contribution in [0.5, 0.6) is 0 Å². The van der Waals surface area contributed by atoms with Crippen molar-refractivity contribution >= 4 is 22.5 Å². The third-order valence-electron chi connectivity index (χ3n) is 3.19. The van der Waals surface area contributed by atoms with Gasteiger partial charge in [-0.25, -0.2) is 9.97 Å². The monoisotopic (exact) mass is 268 g/mol. The highest BCUT2D eigenvalue weighted by Crippen LogP contribution is 2.26. The lowest BCUT2D eigenvalue weighted by atomic mass is 10.1. The molecule has 0 unspecified atom stereocenters. The molecule has 94 valence electrons. The minimum Gasteiger partial charge on any atom is -0.228 e. The van der Waals surface area contributed by atoms with E-state index in [0.29, 0.717) is 11.0 Å². The van der Waals surface area contributed by atoms with Gasteiger partial charge in [0.2, 0.25) is 0 Å². The third kappa shape index (κ3) is 2.20. The normalized spacial score (nSPS) is 10.9. The predicted molar refractivity (Wildman–Crippen MR) is 79.5 cm³/mol. The zero-order valence-corrected chi connectivity index (χ0v) is 11.6. The van der Waals surface area contributed by atoms with Gasteiger partial charge in [-0.3, -0.25) is 0 Å². The Balaban J connectivity index is 2.27. The van der Waals surface area contributed by atoms with Crippen LogP contribution in [0.25, 0.3) is 22.3 Å². The molecule has 0 atom stereocenters. The van der Waals surface area contributed by atoms with Crippen molar-refractivity contribution in [2.45, 2.75) is 13.8 Å². The van der Waals surface area contributed by atoms with Crippen LogP contribution in [-0.2, 0) is 0 Å². The molecule has 0 fully saturated rings. The lowest BCUT2D eigenvalue weighted by molar-refractivity contribution is 1.21. The van der Waals surface area contributed by atoms with Crippen LogP contribution >= 0.6 is 11.6 Å². The van der Waals surface area contributed by atoms with E-state index >= 15 is 0 Å².